The van der Waals surface area contributed by atoms with E-state index in [0.717, 1.165) is 5.56 Å². The maximum atomic E-state index is 12.8. The minimum absolute atomic E-state index is 0.101. The molecule has 0 spiro atoms. The van der Waals surface area contributed by atoms with Crippen LogP contribution in [-0.4, -0.2) is 42.4 Å². The number of benzene rings is 1. The summed E-state index contributed by atoms with van der Waals surface area (Å²) in [5.41, 5.74) is 0.983. The number of aromatic nitrogens is 1. The molecule has 1 fully saturated rings. The van der Waals surface area contributed by atoms with Gasteiger partial charge < -0.3 is 9.42 Å². The zero-order valence-corrected chi connectivity index (χ0v) is 18.7. The van der Waals surface area contributed by atoms with Crippen LogP contribution >= 0.6 is 0 Å². The molecule has 1 aromatic carbocycles. The van der Waals surface area contributed by atoms with Crippen LogP contribution in [0.1, 0.15) is 55.7 Å². The summed E-state index contributed by atoms with van der Waals surface area (Å²) in [6, 6.07) is 7.80. The molecule has 0 radical (unpaired) electrons. The fourth-order valence-corrected chi connectivity index (χ4v) is 5.03. The second kappa shape index (κ2) is 7.86. The van der Waals surface area contributed by atoms with E-state index >= 15 is 0 Å². The van der Waals surface area contributed by atoms with Crippen molar-refractivity contribution in [1.82, 2.24) is 14.8 Å². The Morgan fingerprint density at radius 1 is 1.23 bits per heavy atom. The van der Waals surface area contributed by atoms with Crippen LogP contribution in [0.2, 0.25) is 0 Å². The number of carbonyl (C=O) groups excluding carboxylic acids is 2. The molecule has 30 heavy (non-hydrogen) atoms. The lowest BCUT2D eigenvalue weighted by Gasteiger charge is -2.49. The molecule has 0 saturated carbocycles. The number of aryl methyl sites for hydroxylation is 2. The molecule has 1 aromatic heterocycles. The third kappa shape index (κ3) is 3.98. The smallest absolute Gasteiger partial charge is 0.269 e. The highest BCUT2D eigenvalue weighted by atomic mass is 32.2. The minimum Gasteiger partial charge on any atom is -0.360 e. The maximum absolute atomic E-state index is 12.8. The highest BCUT2D eigenvalue weighted by Crippen LogP contribution is 2.32. The summed E-state index contributed by atoms with van der Waals surface area (Å²) >= 11 is 0. The number of hydrogen-bond acceptors (Lipinski definition) is 6. The molecule has 9 heteroatoms. The van der Waals surface area contributed by atoms with E-state index < -0.39 is 21.5 Å². The molecule has 3 rings (SSSR count). The molecule has 1 saturated heterocycles. The fraction of sp³-hybridized carbons (Fsp3) is 0.476. The van der Waals surface area contributed by atoms with Crippen molar-refractivity contribution >= 4 is 21.8 Å². The second-order valence-electron chi connectivity index (χ2n) is 8.23. The van der Waals surface area contributed by atoms with Crippen molar-refractivity contribution in [2.45, 2.75) is 63.8 Å². The van der Waals surface area contributed by atoms with Crippen LogP contribution in [0.4, 0.5) is 0 Å². The van der Waals surface area contributed by atoms with E-state index in [4.69, 9.17) is 4.52 Å². The Bertz CT molecular complexity index is 1050. The van der Waals surface area contributed by atoms with Gasteiger partial charge in [-0.2, -0.15) is 0 Å². The average molecular weight is 434 g/mol. The topological polar surface area (TPSA) is 110 Å². The minimum atomic E-state index is -4.15. The van der Waals surface area contributed by atoms with E-state index in [1.54, 1.807) is 6.92 Å². The summed E-state index contributed by atoms with van der Waals surface area (Å²) < 4.78 is 32.3. The monoisotopic (exact) mass is 433 g/mol. The van der Waals surface area contributed by atoms with Gasteiger partial charge in [-0.15, -0.1) is 0 Å². The predicted molar refractivity (Wildman–Crippen MR) is 110 cm³/mol. The molecule has 0 aliphatic carbocycles. The summed E-state index contributed by atoms with van der Waals surface area (Å²) in [5, 5.41) is 3.62. The molecular formula is C21H27N3O5S. The number of rotatable bonds is 6. The van der Waals surface area contributed by atoms with E-state index in [9.17, 15) is 18.0 Å². The molecule has 8 nitrogen and oxygen atoms in total. The van der Waals surface area contributed by atoms with Gasteiger partial charge in [-0.3, -0.25) is 9.59 Å². The lowest BCUT2D eigenvalue weighted by Crippen LogP contribution is -2.68. The van der Waals surface area contributed by atoms with Crippen molar-refractivity contribution in [1.29, 1.82) is 0 Å². The van der Waals surface area contributed by atoms with E-state index in [0.29, 0.717) is 18.9 Å². The standard InChI is InChI=1S/C21H27N3O5S/c1-13(2)17-8-6-16(7-9-17)12-18(25)24-11-10-21(24,5)20(26)23-30(27,28)19-14(3)22-29-15(19)4/h6-9,13H,10-12H2,1-5H3,(H,23,26). The number of nitrogens with one attached hydrogen (secondary N) is 1. The third-order valence-corrected chi connectivity index (χ3v) is 7.25. The first-order valence-corrected chi connectivity index (χ1v) is 11.3. The molecule has 162 valence electrons. The molecule has 1 unspecified atom stereocenters. The van der Waals surface area contributed by atoms with Crippen LogP contribution in [0.5, 0.6) is 0 Å². The van der Waals surface area contributed by atoms with Gasteiger partial charge in [0.1, 0.15) is 11.2 Å². The predicted octanol–water partition coefficient (Wildman–Crippen LogP) is 2.45. The second-order valence-corrected chi connectivity index (χ2v) is 9.85. The maximum Gasteiger partial charge on any atom is 0.269 e. The van der Waals surface area contributed by atoms with Gasteiger partial charge in [0, 0.05) is 6.54 Å². The van der Waals surface area contributed by atoms with Crippen molar-refractivity contribution in [3.8, 4) is 0 Å². The molecule has 2 aromatic rings. The van der Waals surface area contributed by atoms with Crippen molar-refractivity contribution in [3.63, 3.8) is 0 Å². The van der Waals surface area contributed by atoms with Gasteiger partial charge in [0.15, 0.2) is 10.7 Å². The Morgan fingerprint density at radius 3 is 2.33 bits per heavy atom. The van der Waals surface area contributed by atoms with Gasteiger partial charge in [0.2, 0.25) is 5.91 Å². The molecule has 1 atom stereocenters. The van der Waals surface area contributed by atoms with E-state index in [-0.39, 0.29) is 28.7 Å². The van der Waals surface area contributed by atoms with Crippen LogP contribution in [0.15, 0.2) is 33.7 Å². The van der Waals surface area contributed by atoms with Gasteiger partial charge in [-0.25, -0.2) is 13.1 Å². The summed E-state index contributed by atoms with van der Waals surface area (Å²) in [6.07, 6.45) is 0.534. The molecule has 0 bridgehead atoms. The lowest BCUT2D eigenvalue weighted by atomic mass is 9.85. The van der Waals surface area contributed by atoms with Gasteiger partial charge in [0.25, 0.3) is 15.9 Å². The van der Waals surface area contributed by atoms with E-state index in [2.05, 4.69) is 23.7 Å². The van der Waals surface area contributed by atoms with Gasteiger partial charge >= 0.3 is 0 Å². The van der Waals surface area contributed by atoms with Gasteiger partial charge in [-0.1, -0.05) is 43.3 Å². The number of nitrogens with zero attached hydrogens (tertiary/aromatic N) is 2. The normalized spacial score (nSPS) is 18.9. The van der Waals surface area contributed by atoms with Crippen molar-refractivity contribution in [3.05, 3.63) is 46.8 Å². The number of likely N-dealkylation sites (tertiary alicyclic amines) is 1. The molecule has 1 aliphatic heterocycles. The first-order chi connectivity index (χ1) is 14.0. The van der Waals surface area contributed by atoms with Gasteiger partial charge in [-0.05, 0) is 44.2 Å². The quantitative estimate of drug-likeness (QED) is 0.749. The first kappa shape index (κ1) is 22.0. The SMILES string of the molecule is Cc1noc(C)c1S(=O)(=O)NC(=O)C1(C)CCN1C(=O)Cc1ccc(C(C)C)cc1. The molecule has 2 heterocycles. The van der Waals surface area contributed by atoms with E-state index in [1.165, 1.54) is 24.3 Å². The highest BCUT2D eigenvalue weighted by molar-refractivity contribution is 7.90. The molecule has 1 aliphatic rings. The van der Waals surface area contributed by atoms with Crippen LogP contribution in [0.3, 0.4) is 0 Å². The largest absolute Gasteiger partial charge is 0.360 e. The van der Waals surface area contributed by atoms with Crippen LogP contribution in [0, 0.1) is 13.8 Å². The molecule has 2 amide bonds. The van der Waals surface area contributed by atoms with Crippen LogP contribution in [-0.2, 0) is 26.0 Å². The molecular weight excluding hydrogens is 406 g/mol. The Kier molecular flexibility index (Phi) is 5.77. The Hall–Kier alpha value is -2.68. The van der Waals surface area contributed by atoms with E-state index in [1.807, 2.05) is 24.3 Å². The zero-order chi connectivity index (χ0) is 22.3. The zero-order valence-electron chi connectivity index (χ0n) is 17.9. The number of hydrogen-bond donors (Lipinski definition) is 1. The fourth-order valence-electron chi connectivity index (χ4n) is 3.63. The van der Waals surface area contributed by atoms with Crippen LogP contribution in [0.25, 0.3) is 0 Å². The van der Waals surface area contributed by atoms with Gasteiger partial charge in [0.05, 0.1) is 6.42 Å². The highest BCUT2D eigenvalue weighted by Gasteiger charge is 2.50. The Morgan fingerprint density at radius 2 is 1.87 bits per heavy atom. The van der Waals surface area contributed by atoms with Crippen molar-refractivity contribution in [2.24, 2.45) is 0 Å². The average Bonchev–Trinajstić information content (AvgIpc) is 2.99. The number of amides is 2. The first-order valence-electron chi connectivity index (χ1n) is 9.85. The third-order valence-electron chi connectivity index (χ3n) is 5.67. The Labute approximate surface area is 176 Å². The Balaban J connectivity index is 1.71. The molecule has 1 N–H and O–H groups in total. The summed E-state index contributed by atoms with van der Waals surface area (Å²) in [7, 11) is -4.15. The van der Waals surface area contributed by atoms with Crippen LogP contribution < -0.4 is 4.72 Å². The summed E-state index contributed by atoms with van der Waals surface area (Å²) in [5.74, 6) is -0.454. The summed E-state index contributed by atoms with van der Waals surface area (Å²) in [4.78, 5) is 26.9. The lowest BCUT2D eigenvalue weighted by molar-refractivity contribution is -0.156. The summed E-state index contributed by atoms with van der Waals surface area (Å²) in [6.45, 7) is 9.12. The number of sulfonamides is 1. The van der Waals surface area contributed by atoms with Crippen molar-refractivity contribution < 1.29 is 22.5 Å². The van der Waals surface area contributed by atoms with Crippen molar-refractivity contribution in [2.75, 3.05) is 6.54 Å². The number of carbonyl (C=O) groups is 2.